The zero-order valence-corrected chi connectivity index (χ0v) is 5.30. The van der Waals surface area contributed by atoms with Crippen LogP contribution < -0.4 is 0 Å². The van der Waals surface area contributed by atoms with Crippen LogP contribution in [0.4, 0.5) is 4.79 Å². The van der Waals surface area contributed by atoms with Crippen LogP contribution in [0.15, 0.2) is 0 Å². The summed E-state index contributed by atoms with van der Waals surface area (Å²) < 4.78 is -0.756. The van der Waals surface area contributed by atoms with Gasteiger partial charge in [-0.1, -0.05) is 0 Å². The van der Waals surface area contributed by atoms with E-state index in [1.54, 1.807) is 0 Å². The van der Waals surface area contributed by atoms with E-state index in [0.29, 0.717) is 0 Å². The summed E-state index contributed by atoms with van der Waals surface area (Å²) in [7, 11) is 3.54. The van der Waals surface area contributed by atoms with E-state index in [4.69, 9.17) is 5.11 Å². The molecule has 0 aliphatic rings. The van der Waals surface area contributed by atoms with E-state index in [9.17, 15) is 4.79 Å². The second-order valence-corrected chi connectivity index (χ2v) is 2.95. The molecule has 30 valence electrons. The molecule has 1 atom stereocenters. The molecule has 0 aromatic rings. The van der Waals surface area contributed by atoms with Crippen LogP contribution in [0.1, 0.15) is 0 Å². The Morgan fingerprint density at radius 1 is 2.00 bits per heavy atom. The Morgan fingerprint density at radius 2 is 2.20 bits per heavy atom. The molecule has 0 heterocycles. The molecule has 0 aliphatic carbocycles. The monoisotopic (exact) mass is 154 g/mol. The van der Waals surface area contributed by atoms with Gasteiger partial charge >= 0.3 is 40.1 Å². The second-order valence-electron chi connectivity index (χ2n) is 0.417. The van der Waals surface area contributed by atoms with E-state index >= 15 is 0 Å². The summed E-state index contributed by atoms with van der Waals surface area (Å²) >= 11 is -0.944. The average Bonchev–Trinajstić information content (AvgIpc) is 1.38. The Labute approximate surface area is 40.6 Å². The first-order chi connectivity index (χ1) is 2.27. The van der Waals surface area contributed by atoms with Gasteiger partial charge in [0.25, 0.3) is 0 Å². The summed E-state index contributed by atoms with van der Waals surface area (Å²) in [5, 5.41) is 7.70. The molecule has 1 N–H and O–H groups in total. The van der Waals surface area contributed by atoms with Crippen molar-refractivity contribution >= 4 is 30.2 Å². The fourth-order valence-corrected chi connectivity index (χ4v) is 0. The number of carbonyl (C=O) groups is 1. The van der Waals surface area contributed by atoms with Crippen LogP contribution in [0.3, 0.4) is 0 Å². The zero-order chi connectivity index (χ0) is 4.28. The molecule has 0 aliphatic heterocycles. The SMILES string of the molecule is O=C(O)[AsH]S. The van der Waals surface area contributed by atoms with Crippen molar-refractivity contribution in [3.8, 4) is 0 Å². The minimum atomic E-state index is -0.944. The van der Waals surface area contributed by atoms with Gasteiger partial charge in [0.2, 0.25) is 0 Å². The van der Waals surface area contributed by atoms with Crippen LogP contribution in [0.5, 0.6) is 0 Å². The van der Waals surface area contributed by atoms with E-state index in [2.05, 4.69) is 10.9 Å². The van der Waals surface area contributed by atoms with Gasteiger partial charge < -0.3 is 0 Å². The molecule has 0 spiro atoms. The number of carboxylic acid groups (broad SMARTS) is 1. The predicted molar refractivity (Wildman–Crippen MR) is 24.2 cm³/mol. The standard InChI is InChI=1S/CH3AsO2S/c3-1(4)2-5/h2,5H,(H,3,4). The van der Waals surface area contributed by atoms with Crippen molar-refractivity contribution < 1.29 is 9.90 Å². The summed E-state index contributed by atoms with van der Waals surface area (Å²) in [4.78, 5) is 9.35. The molecule has 1 unspecified atom stereocenters. The third-order valence-electron chi connectivity index (χ3n) is 0.0956. The Balaban J connectivity index is 2.85. The third-order valence-corrected chi connectivity index (χ3v) is 1.49. The van der Waals surface area contributed by atoms with Crippen LogP contribution in [-0.4, -0.2) is 24.5 Å². The maximum absolute atomic E-state index is 9.35. The minimum absolute atomic E-state index is 0.756. The maximum atomic E-state index is 9.35. The van der Waals surface area contributed by atoms with Gasteiger partial charge in [0.05, 0.1) is 0 Å². The van der Waals surface area contributed by atoms with Gasteiger partial charge in [-0.3, -0.25) is 0 Å². The second kappa shape index (κ2) is 2.61. The van der Waals surface area contributed by atoms with Crippen LogP contribution >= 0.6 is 10.9 Å². The Morgan fingerprint density at radius 3 is 2.20 bits per heavy atom. The van der Waals surface area contributed by atoms with E-state index in [0.717, 1.165) is 0 Å². The Kier molecular flexibility index (Phi) is 2.80. The van der Waals surface area contributed by atoms with Crippen LogP contribution in [-0.2, 0) is 0 Å². The third kappa shape index (κ3) is 4.38. The summed E-state index contributed by atoms with van der Waals surface area (Å²) in [6.07, 6.45) is 0. The number of thiol groups is 1. The van der Waals surface area contributed by atoms with Gasteiger partial charge in [0.15, 0.2) is 0 Å². The van der Waals surface area contributed by atoms with Gasteiger partial charge in [-0.25, -0.2) is 0 Å². The molecular formula is CH3AsO2S. The first kappa shape index (κ1) is 5.38. The molecule has 0 amide bonds. The van der Waals surface area contributed by atoms with Crippen LogP contribution in [0, 0.1) is 0 Å². The van der Waals surface area contributed by atoms with Crippen molar-refractivity contribution in [2.24, 2.45) is 0 Å². The Hall–Kier alpha value is 0.378. The molecular weight excluding hydrogens is 151 g/mol. The number of hydrogen-bond acceptors (Lipinski definition) is 2. The zero-order valence-electron chi connectivity index (χ0n) is 2.30. The fraction of sp³-hybridized carbons (Fsp3) is 0. The molecule has 0 aromatic heterocycles. The van der Waals surface area contributed by atoms with Crippen LogP contribution in [0.25, 0.3) is 0 Å². The van der Waals surface area contributed by atoms with Crippen molar-refractivity contribution in [1.82, 2.24) is 0 Å². The topological polar surface area (TPSA) is 37.3 Å². The van der Waals surface area contributed by atoms with Gasteiger partial charge in [0, 0.05) is 0 Å². The number of hydrogen-bond donors (Lipinski definition) is 2. The van der Waals surface area contributed by atoms with E-state index in [-0.39, 0.29) is 0 Å². The summed E-state index contributed by atoms with van der Waals surface area (Å²) in [5.41, 5.74) is 0. The molecule has 4 heteroatoms. The first-order valence-corrected chi connectivity index (χ1v) is 5.21. The van der Waals surface area contributed by atoms with Gasteiger partial charge in [0.1, 0.15) is 0 Å². The van der Waals surface area contributed by atoms with Gasteiger partial charge in [-0.05, 0) is 0 Å². The molecule has 0 saturated heterocycles. The van der Waals surface area contributed by atoms with Crippen molar-refractivity contribution in [2.45, 2.75) is 0 Å². The average molecular weight is 154 g/mol. The quantitative estimate of drug-likeness (QED) is 0.410. The molecule has 0 bridgehead atoms. The van der Waals surface area contributed by atoms with Crippen molar-refractivity contribution in [3.63, 3.8) is 0 Å². The van der Waals surface area contributed by atoms with Crippen LogP contribution in [0.2, 0.25) is 0 Å². The molecule has 0 radical (unpaired) electrons. The predicted octanol–water partition coefficient (Wildman–Crippen LogP) is -0.0543. The van der Waals surface area contributed by atoms with Gasteiger partial charge in [-0.15, -0.1) is 0 Å². The van der Waals surface area contributed by atoms with Crippen molar-refractivity contribution in [1.29, 1.82) is 0 Å². The normalized spacial score (nSPS) is 9.80. The Bertz CT molecular complexity index is 44.9. The van der Waals surface area contributed by atoms with Crippen molar-refractivity contribution in [2.75, 3.05) is 0 Å². The molecule has 0 aromatic carbocycles. The number of rotatable bonds is 1. The van der Waals surface area contributed by atoms with E-state index in [1.165, 1.54) is 0 Å². The summed E-state index contributed by atoms with van der Waals surface area (Å²) in [6.45, 7) is 0. The van der Waals surface area contributed by atoms with E-state index in [1.807, 2.05) is 0 Å². The fourth-order valence-electron chi connectivity index (χ4n) is 0. The molecule has 0 saturated carbocycles. The molecule has 5 heavy (non-hydrogen) atoms. The molecule has 0 rings (SSSR count). The molecule has 2 nitrogen and oxygen atoms in total. The van der Waals surface area contributed by atoms with Gasteiger partial charge in [-0.2, -0.15) is 0 Å². The van der Waals surface area contributed by atoms with Crippen molar-refractivity contribution in [3.05, 3.63) is 0 Å². The first-order valence-electron chi connectivity index (χ1n) is 0.901. The molecule has 0 fully saturated rings. The summed E-state index contributed by atoms with van der Waals surface area (Å²) in [6, 6.07) is 0. The van der Waals surface area contributed by atoms with E-state index < -0.39 is 19.4 Å². The summed E-state index contributed by atoms with van der Waals surface area (Å²) in [5.74, 6) is 0.